The molecule has 22 heavy (non-hydrogen) atoms. The van der Waals surface area contributed by atoms with Crippen LogP contribution in [0, 0.1) is 0 Å². The molecule has 1 aliphatic rings. The van der Waals surface area contributed by atoms with Crippen LogP contribution in [0.2, 0.25) is 10.3 Å². The smallest absolute Gasteiger partial charge is 0.415 e. The Kier molecular flexibility index (Phi) is 5.39. The maximum absolute atomic E-state index is 11.8. The van der Waals surface area contributed by atoms with E-state index in [-0.39, 0.29) is 34.4 Å². The first kappa shape index (κ1) is 17.1. The van der Waals surface area contributed by atoms with Crippen LogP contribution < -0.4 is 5.32 Å². The molecule has 9 heteroatoms. The number of pyridine rings is 1. The molecule has 1 aromatic heterocycles. The summed E-state index contributed by atoms with van der Waals surface area (Å²) < 4.78 is 16.6. The molecular weight excluding hydrogens is 355 g/mol. The van der Waals surface area contributed by atoms with Crippen LogP contribution in [-0.2, 0) is 20.0 Å². The third-order valence-corrected chi connectivity index (χ3v) is 3.38. The quantitative estimate of drug-likeness (QED) is 0.634. The van der Waals surface area contributed by atoms with Crippen molar-refractivity contribution in [1.29, 1.82) is 0 Å². The largest absolute Gasteiger partial charge is 0.489 e. The van der Waals surface area contributed by atoms with E-state index in [1.54, 1.807) is 13.8 Å². The van der Waals surface area contributed by atoms with Crippen LogP contribution in [0.25, 0.3) is 0 Å². The van der Waals surface area contributed by atoms with Crippen molar-refractivity contribution in [2.24, 2.45) is 0 Å². The summed E-state index contributed by atoms with van der Waals surface area (Å²) in [5.41, 5.74) is 0.343. The van der Waals surface area contributed by atoms with Crippen LogP contribution >= 0.6 is 34.8 Å². The Morgan fingerprint density at radius 3 is 2.41 bits per heavy atom. The van der Waals surface area contributed by atoms with E-state index in [4.69, 9.17) is 49.0 Å². The number of nitrogens with one attached hydrogen (secondary N) is 1. The number of nitrogens with zero attached hydrogens (tertiary/aromatic N) is 1. The number of rotatable bonds is 5. The Morgan fingerprint density at radius 2 is 1.86 bits per heavy atom. The van der Waals surface area contributed by atoms with Gasteiger partial charge in [-0.15, -0.1) is 0 Å². The van der Waals surface area contributed by atoms with Crippen LogP contribution in [0.5, 0.6) is 0 Å². The summed E-state index contributed by atoms with van der Waals surface area (Å²) in [6.07, 6.45) is -0.786. The maximum atomic E-state index is 11.8. The third-order valence-electron chi connectivity index (χ3n) is 2.73. The van der Waals surface area contributed by atoms with Gasteiger partial charge < -0.3 is 14.2 Å². The predicted molar refractivity (Wildman–Crippen MR) is 81.7 cm³/mol. The summed E-state index contributed by atoms with van der Waals surface area (Å²) in [6.45, 7) is 3.99. The van der Waals surface area contributed by atoms with Crippen molar-refractivity contribution in [3.05, 3.63) is 38.9 Å². The van der Waals surface area contributed by atoms with Gasteiger partial charge in [-0.1, -0.05) is 34.8 Å². The molecular formula is C13H13Cl3N2O4. The molecule has 0 bridgehead atoms. The zero-order valence-electron chi connectivity index (χ0n) is 11.8. The fourth-order valence-corrected chi connectivity index (χ4v) is 2.74. The molecule has 1 aliphatic heterocycles. The van der Waals surface area contributed by atoms with Gasteiger partial charge in [-0.25, -0.2) is 9.78 Å². The van der Waals surface area contributed by atoms with Gasteiger partial charge in [0.05, 0.1) is 6.61 Å². The van der Waals surface area contributed by atoms with Gasteiger partial charge in [0.1, 0.15) is 10.3 Å². The van der Waals surface area contributed by atoms with E-state index in [0.717, 1.165) is 0 Å². The Bertz CT molecular complexity index is 603. The van der Waals surface area contributed by atoms with Gasteiger partial charge in [-0.05, 0) is 26.0 Å². The van der Waals surface area contributed by atoms with Crippen LogP contribution in [0.4, 0.5) is 4.79 Å². The Labute approximate surface area is 142 Å². The fourth-order valence-electron chi connectivity index (χ4n) is 2.02. The Balaban J connectivity index is 2.67. The molecule has 120 valence electrons. The van der Waals surface area contributed by atoms with Crippen molar-refractivity contribution >= 4 is 40.9 Å². The highest BCUT2D eigenvalue weighted by molar-refractivity contribution is 6.32. The normalized spacial score (nSPS) is 21.4. The summed E-state index contributed by atoms with van der Waals surface area (Å²) in [5.74, 6) is -1.57. The number of carbonyl (C=O) groups is 1. The first-order chi connectivity index (χ1) is 10.4. The number of alkyl carbamates (subject to hydrolysis) is 1. The first-order valence-electron chi connectivity index (χ1n) is 6.43. The van der Waals surface area contributed by atoms with Crippen molar-refractivity contribution in [3.63, 3.8) is 0 Å². The van der Waals surface area contributed by atoms with E-state index in [2.05, 4.69) is 10.3 Å². The van der Waals surface area contributed by atoms with Gasteiger partial charge in [0.25, 0.3) is 0 Å². The summed E-state index contributed by atoms with van der Waals surface area (Å²) in [5, 5.41) is 2.52. The lowest BCUT2D eigenvalue weighted by molar-refractivity contribution is -0.209. The lowest BCUT2D eigenvalue weighted by Gasteiger charge is -2.37. The van der Waals surface area contributed by atoms with E-state index in [9.17, 15) is 4.79 Å². The minimum atomic E-state index is -1.68. The lowest BCUT2D eigenvalue weighted by atomic mass is 10.0. The van der Waals surface area contributed by atoms with Crippen LogP contribution in [0.3, 0.4) is 0 Å². The molecule has 0 unspecified atom stereocenters. The molecule has 1 aromatic rings. The van der Waals surface area contributed by atoms with Gasteiger partial charge in [0.15, 0.2) is 5.16 Å². The zero-order valence-corrected chi connectivity index (χ0v) is 14.1. The van der Waals surface area contributed by atoms with Gasteiger partial charge in [0.2, 0.25) is 5.76 Å². The van der Waals surface area contributed by atoms with E-state index in [0.29, 0.717) is 5.56 Å². The topological polar surface area (TPSA) is 69.7 Å². The SMILES string of the molecule is CCOC1=C(Cl)NC(=O)O[C@]1(OCC)c1cc(Cl)nc(Cl)c1. The summed E-state index contributed by atoms with van der Waals surface area (Å²) in [7, 11) is 0. The minimum Gasteiger partial charge on any atom is -0.489 e. The number of amides is 1. The molecule has 1 atom stereocenters. The summed E-state index contributed by atoms with van der Waals surface area (Å²) in [6, 6.07) is 2.93. The standard InChI is InChI=1S/C13H13Cl3N2O4/c1-3-20-10-11(16)18-12(19)22-13(10,21-4-2)7-5-8(14)17-9(15)6-7/h5-6H,3-4H2,1-2H3,(H,18,19)/t13-/m1/s1. The molecule has 0 saturated carbocycles. The number of aromatic nitrogens is 1. The number of hydrogen-bond donors (Lipinski definition) is 1. The molecule has 0 saturated heterocycles. The van der Waals surface area contributed by atoms with Crippen molar-refractivity contribution in [3.8, 4) is 0 Å². The highest BCUT2D eigenvalue weighted by atomic mass is 35.5. The van der Waals surface area contributed by atoms with Crippen LogP contribution in [-0.4, -0.2) is 24.3 Å². The van der Waals surface area contributed by atoms with Crippen molar-refractivity contribution in [1.82, 2.24) is 10.3 Å². The van der Waals surface area contributed by atoms with Gasteiger partial charge in [-0.3, -0.25) is 5.32 Å². The number of hydrogen-bond acceptors (Lipinski definition) is 5. The fraction of sp³-hybridized carbons (Fsp3) is 0.385. The second-order valence-corrected chi connectivity index (χ2v) is 5.29. The molecule has 6 nitrogen and oxygen atoms in total. The number of halogens is 3. The molecule has 0 aliphatic carbocycles. The molecule has 2 heterocycles. The summed E-state index contributed by atoms with van der Waals surface area (Å²) in [4.78, 5) is 15.6. The molecule has 0 radical (unpaired) electrons. The van der Waals surface area contributed by atoms with Crippen molar-refractivity contribution in [2.45, 2.75) is 19.6 Å². The third kappa shape index (κ3) is 3.25. The molecule has 1 amide bonds. The second kappa shape index (κ2) is 6.91. The van der Waals surface area contributed by atoms with Crippen molar-refractivity contribution < 1.29 is 19.0 Å². The van der Waals surface area contributed by atoms with E-state index in [1.165, 1.54) is 12.1 Å². The molecule has 0 spiro atoms. The average molecular weight is 368 g/mol. The zero-order chi connectivity index (χ0) is 16.3. The van der Waals surface area contributed by atoms with E-state index < -0.39 is 11.9 Å². The monoisotopic (exact) mass is 366 g/mol. The van der Waals surface area contributed by atoms with Gasteiger partial charge in [-0.2, -0.15) is 0 Å². The summed E-state index contributed by atoms with van der Waals surface area (Å²) >= 11 is 18.0. The number of cyclic esters (lactones) is 1. The molecule has 2 rings (SSSR count). The predicted octanol–water partition coefficient (Wildman–Crippen LogP) is 3.76. The highest BCUT2D eigenvalue weighted by Gasteiger charge is 2.49. The minimum absolute atomic E-state index is 0.0318. The first-order valence-corrected chi connectivity index (χ1v) is 7.56. The van der Waals surface area contributed by atoms with E-state index in [1.807, 2.05) is 0 Å². The average Bonchev–Trinajstić information content (AvgIpc) is 2.41. The van der Waals surface area contributed by atoms with Crippen molar-refractivity contribution in [2.75, 3.05) is 13.2 Å². The molecule has 0 aromatic carbocycles. The Hall–Kier alpha value is -1.21. The molecule has 1 N–H and O–H groups in total. The Morgan fingerprint density at radius 1 is 1.23 bits per heavy atom. The van der Waals surface area contributed by atoms with Crippen LogP contribution in [0.1, 0.15) is 19.4 Å². The highest BCUT2D eigenvalue weighted by Crippen LogP contribution is 2.41. The van der Waals surface area contributed by atoms with Gasteiger partial charge >= 0.3 is 11.9 Å². The van der Waals surface area contributed by atoms with Crippen LogP contribution in [0.15, 0.2) is 23.0 Å². The number of ether oxygens (including phenoxy) is 3. The maximum Gasteiger partial charge on any atom is 0.415 e. The molecule has 0 fully saturated rings. The number of carbonyl (C=O) groups excluding carboxylic acids is 1. The van der Waals surface area contributed by atoms with Gasteiger partial charge in [0, 0.05) is 12.2 Å². The second-order valence-electron chi connectivity index (χ2n) is 4.14. The lowest BCUT2D eigenvalue weighted by Crippen LogP contribution is -2.47. The van der Waals surface area contributed by atoms with E-state index >= 15 is 0 Å².